The first-order valence-corrected chi connectivity index (χ1v) is 11.1. The number of carbonyl (C=O) groups is 1. The number of aromatic nitrogens is 2. The van der Waals surface area contributed by atoms with E-state index < -0.39 is 5.97 Å². The highest BCUT2D eigenvalue weighted by atomic mass is 79.9. The lowest BCUT2D eigenvalue weighted by atomic mass is 10.2. The molecule has 0 bridgehead atoms. The maximum atomic E-state index is 13.3. The number of furan rings is 1. The molecular weight excluding hydrogens is 498 g/mol. The van der Waals surface area contributed by atoms with E-state index in [0.29, 0.717) is 22.3 Å². The number of benzene rings is 3. The highest BCUT2D eigenvalue weighted by Crippen LogP contribution is 2.24. The van der Waals surface area contributed by atoms with Crippen molar-refractivity contribution in [1.29, 1.82) is 0 Å². The van der Waals surface area contributed by atoms with Gasteiger partial charge in [-0.25, -0.2) is 9.78 Å². The lowest BCUT2D eigenvalue weighted by Gasteiger charge is -2.10. The average molecular weight is 514 g/mol. The van der Waals surface area contributed by atoms with Crippen molar-refractivity contribution < 1.29 is 13.9 Å². The summed E-state index contributed by atoms with van der Waals surface area (Å²) < 4.78 is 12.6. The van der Waals surface area contributed by atoms with Gasteiger partial charge in [-0.2, -0.15) is 9.78 Å². The summed E-state index contributed by atoms with van der Waals surface area (Å²) in [6.07, 6.45) is 2.85. The Kier molecular flexibility index (Phi) is 5.88. The van der Waals surface area contributed by atoms with Crippen molar-refractivity contribution in [3.63, 3.8) is 0 Å². The number of para-hydroxylation sites is 1. The van der Waals surface area contributed by atoms with Crippen LogP contribution >= 0.6 is 15.9 Å². The molecule has 5 aromatic rings. The topological polar surface area (TPSA) is 86.7 Å². The molecule has 0 unspecified atom stereocenters. The summed E-state index contributed by atoms with van der Waals surface area (Å²) in [5.41, 5.74) is 1.48. The molecule has 0 saturated carbocycles. The van der Waals surface area contributed by atoms with Gasteiger partial charge in [0.1, 0.15) is 5.75 Å². The number of carbonyl (C=O) groups excluding carboxylic acids is 1. The fourth-order valence-corrected chi connectivity index (χ4v) is 3.76. The van der Waals surface area contributed by atoms with Crippen LogP contribution in [0.1, 0.15) is 16.1 Å². The highest BCUT2D eigenvalue weighted by molar-refractivity contribution is 9.10. The Bertz CT molecular complexity index is 1580. The molecule has 0 aliphatic carbocycles. The van der Waals surface area contributed by atoms with Crippen LogP contribution in [-0.4, -0.2) is 21.8 Å². The molecule has 0 saturated heterocycles. The largest absolute Gasteiger partial charge is 0.457 e. The third-order valence-corrected chi connectivity index (χ3v) is 5.49. The molecule has 0 atom stereocenters. The van der Waals surface area contributed by atoms with E-state index in [1.807, 2.05) is 36.4 Å². The standard InChI is InChI=1S/C26H16BrN3O4/c27-19-12-13-22(34-26(32)23-11-6-14-33-23)18(15-19)16-28-30-24(17-7-2-1-3-8-17)29-21-10-5-4-9-20(21)25(30)31/h1-16H. The number of nitrogens with zero attached hydrogens (tertiary/aromatic N) is 3. The zero-order valence-electron chi connectivity index (χ0n) is 17.6. The minimum atomic E-state index is -0.642. The number of hydrogen-bond acceptors (Lipinski definition) is 6. The Balaban J connectivity index is 1.61. The lowest BCUT2D eigenvalue weighted by molar-refractivity contribution is 0.0701. The molecule has 0 aliphatic rings. The quantitative estimate of drug-likeness (QED) is 0.175. The summed E-state index contributed by atoms with van der Waals surface area (Å²) in [6, 6.07) is 24.7. The van der Waals surface area contributed by atoms with E-state index in [9.17, 15) is 9.59 Å². The van der Waals surface area contributed by atoms with Crippen LogP contribution in [-0.2, 0) is 0 Å². The summed E-state index contributed by atoms with van der Waals surface area (Å²) in [4.78, 5) is 30.4. The van der Waals surface area contributed by atoms with Crippen LogP contribution in [0.15, 0.2) is 110 Å². The Morgan fingerprint density at radius 3 is 2.59 bits per heavy atom. The lowest BCUT2D eigenvalue weighted by Crippen LogP contribution is -2.20. The summed E-state index contributed by atoms with van der Waals surface area (Å²) in [6.45, 7) is 0. The molecule has 34 heavy (non-hydrogen) atoms. The molecule has 0 fully saturated rings. The van der Waals surface area contributed by atoms with Gasteiger partial charge in [-0.3, -0.25) is 4.79 Å². The second-order valence-electron chi connectivity index (χ2n) is 7.23. The zero-order chi connectivity index (χ0) is 23.5. The minimum absolute atomic E-state index is 0.0760. The van der Waals surface area contributed by atoms with E-state index in [-0.39, 0.29) is 17.1 Å². The predicted molar refractivity (Wildman–Crippen MR) is 132 cm³/mol. The number of halogens is 1. The average Bonchev–Trinajstić information content (AvgIpc) is 3.41. The molecule has 2 aromatic heterocycles. The van der Waals surface area contributed by atoms with Crippen LogP contribution in [0.5, 0.6) is 5.75 Å². The van der Waals surface area contributed by atoms with Crippen molar-refractivity contribution >= 4 is 39.0 Å². The summed E-state index contributed by atoms with van der Waals surface area (Å²) in [7, 11) is 0. The van der Waals surface area contributed by atoms with Gasteiger partial charge in [-0.15, -0.1) is 0 Å². The van der Waals surface area contributed by atoms with Crippen LogP contribution in [0.2, 0.25) is 0 Å². The Hall–Kier alpha value is -4.30. The molecule has 2 heterocycles. The van der Waals surface area contributed by atoms with Crippen LogP contribution < -0.4 is 10.3 Å². The van der Waals surface area contributed by atoms with Gasteiger partial charge in [0.25, 0.3) is 5.56 Å². The first-order valence-electron chi connectivity index (χ1n) is 10.3. The van der Waals surface area contributed by atoms with Crippen molar-refractivity contribution in [3.05, 3.63) is 117 Å². The van der Waals surface area contributed by atoms with Gasteiger partial charge in [0.05, 0.1) is 23.4 Å². The van der Waals surface area contributed by atoms with Crippen molar-refractivity contribution in [3.8, 4) is 17.1 Å². The molecule has 166 valence electrons. The summed E-state index contributed by atoms with van der Waals surface area (Å²) >= 11 is 3.42. The second-order valence-corrected chi connectivity index (χ2v) is 8.14. The molecule has 8 heteroatoms. The summed E-state index contributed by atoms with van der Waals surface area (Å²) in [5, 5.41) is 4.90. The SMILES string of the molecule is O=C(Oc1ccc(Br)cc1C=Nn1c(-c2ccccc2)nc2ccccc2c1=O)c1ccco1. The van der Waals surface area contributed by atoms with E-state index in [0.717, 1.165) is 10.0 Å². The third-order valence-electron chi connectivity index (χ3n) is 4.99. The minimum Gasteiger partial charge on any atom is -0.457 e. The maximum absolute atomic E-state index is 13.3. The van der Waals surface area contributed by atoms with Gasteiger partial charge < -0.3 is 9.15 Å². The highest BCUT2D eigenvalue weighted by Gasteiger charge is 2.15. The normalized spacial score (nSPS) is 11.2. The zero-order valence-corrected chi connectivity index (χ0v) is 19.2. The fraction of sp³-hybridized carbons (Fsp3) is 0. The number of ether oxygens (including phenoxy) is 1. The van der Waals surface area contributed by atoms with E-state index in [4.69, 9.17) is 9.15 Å². The molecule has 7 nitrogen and oxygen atoms in total. The van der Waals surface area contributed by atoms with Gasteiger partial charge in [0, 0.05) is 15.6 Å². The molecule has 0 spiro atoms. The van der Waals surface area contributed by atoms with Gasteiger partial charge in [0.15, 0.2) is 5.82 Å². The second kappa shape index (κ2) is 9.29. The van der Waals surface area contributed by atoms with Crippen LogP contribution in [0, 0.1) is 0 Å². The molecule has 3 aromatic carbocycles. The maximum Gasteiger partial charge on any atom is 0.379 e. The van der Waals surface area contributed by atoms with Crippen LogP contribution in [0.3, 0.4) is 0 Å². The van der Waals surface area contributed by atoms with Crippen molar-refractivity contribution in [2.75, 3.05) is 0 Å². The van der Waals surface area contributed by atoms with Crippen molar-refractivity contribution in [2.24, 2.45) is 5.10 Å². The van der Waals surface area contributed by atoms with Crippen LogP contribution in [0.4, 0.5) is 0 Å². The van der Waals surface area contributed by atoms with Crippen LogP contribution in [0.25, 0.3) is 22.3 Å². The number of rotatable bonds is 5. The molecule has 0 amide bonds. The predicted octanol–water partition coefficient (Wildman–Crippen LogP) is 5.52. The van der Waals surface area contributed by atoms with Gasteiger partial charge in [-0.1, -0.05) is 58.4 Å². The van der Waals surface area contributed by atoms with Gasteiger partial charge in [0.2, 0.25) is 5.76 Å². The summed E-state index contributed by atoms with van der Waals surface area (Å²) in [5.74, 6) is 0.0877. The smallest absolute Gasteiger partial charge is 0.379 e. The molecule has 5 rings (SSSR count). The van der Waals surface area contributed by atoms with E-state index >= 15 is 0 Å². The van der Waals surface area contributed by atoms with Gasteiger partial charge in [-0.05, 0) is 42.5 Å². The van der Waals surface area contributed by atoms with Crippen molar-refractivity contribution in [2.45, 2.75) is 0 Å². The molecule has 0 aliphatic heterocycles. The van der Waals surface area contributed by atoms with Crippen molar-refractivity contribution in [1.82, 2.24) is 9.66 Å². The Labute approximate surface area is 202 Å². The number of fused-ring (bicyclic) bond motifs is 1. The fourth-order valence-electron chi connectivity index (χ4n) is 3.38. The van der Waals surface area contributed by atoms with E-state index in [2.05, 4.69) is 26.0 Å². The molecular formula is C26H16BrN3O4. The molecule has 0 N–H and O–H groups in total. The molecule has 0 radical (unpaired) electrons. The number of esters is 1. The number of hydrogen-bond donors (Lipinski definition) is 0. The first kappa shape index (κ1) is 21.5. The Morgan fingerprint density at radius 2 is 1.79 bits per heavy atom. The van der Waals surface area contributed by atoms with E-state index in [1.54, 1.807) is 42.5 Å². The third kappa shape index (κ3) is 4.31. The first-order chi connectivity index (χ1) is 16.6. The monoisotopic (exact) mass is 513 g/mol. The van der Waals surface area contributed by atoms with E-state index in [1.165, 1.54) is 23.2 Å². The van der Waals surface area contributed by atoms with Gasteiger partial charge >= 0.3 is 5.97 Å². The Morgan fingerprint density at radius 1 is 1.00 bits per heavy atom.